The Balaban J connectivity index is 1.70. The third-order valence-corrected chi connectivity index (χ3v) is 4.42. The maximum atomic E-state index is 12.5. The van der Waals surface area contributed by atoms with Gasteiger partial charge in [0.2, 0.25) is 0 Å². The lowest BCUT2D eigenvalue weighted by Gasteiger charge is -2.08. The predicted octanol–water partition coefficient (Wildman–Crippen LogP) is 4.87. The van der Waals surface area contributed by atoms with Gasteiger partial charge in [0.15, 0.2) is 0 Å². The van der Waals surface area contributed by atoms with E-state index in [9.17, 15) is 4.79 Å². The Bertz CT molecular complexity index is 924. The van der Waals surface area contributed by atoms with E-state index in [1.807, 2.05) is 55.6 Å². The van der Waals surface area contributed by atoms with Gasteiger partial charge in [-0.05, 0) is 28.8 Å². The summed E-state index contributed by atoms with van der Waals surface area (Å²) in [6, 6.07) is 26.5. The van der Waals surface area contributed by atoms with Crippen LogP contribution in [-0.2, 0) is 4.79 Å². The number of amides is 1. The van der Waals surface area contributed by atoms with E-state index in [0.29, 0.717) is 0 Å². The van der Waals surface area contributed by atoms with Crippen LogP contribution in [0.5, 0.6) is 0 Å². The third-order valence-electron chi connectivity index (χ3n) is 4.42. The molecule has 0 aliphatic carbocycles. The zero-order valence-electron chi connectivity index (χ0n) is 13.4. The monoisotopic (exact) mass is 311 g/mol. The fraction of sp³-hybridized carbons (Fsp3) is 0.0455. The van der Waals surface area contributed by atoms with Crippen molar-refractivity contribution in [2.24, 2.45) is 0 Å². The number of nitrogens with zero attached hydrogens (tertiary/aromatic N) is 1. The van der Waals surface area contributed by atoms with Gasteiger partial charge in [-0.3, -0.25) is 4.79 Å². The van der Waals surface area contributed by atoms with Crippen molar-refractivity contribution in [2.45, 2.75) is 0 Å². The minimum absolute atomic E-state index is 0.0448. The second kappa shape index (κ2) is 5.82. The SMILES string of the molecule is CN1C(=O)C(=Cc2ccc(-c3ccccc3)cc2)c2ccccc21. The highest BCUT2D eigenvalue weighted by molar-refractivity contribution is 6.35. The van der Waals surface area contributed by atoms with Crippen LogP contribution in [0.2, 0.25) is 0 Å². The normalized spacial score (nSPS) is 15.0. The van der Waals surface area contributed by atoms with E-state index in [-0.39, 0.29) is 5.91 Å². The molecule has 3 aromatic rings. The number of carbonyl (C=O) groups excluding carboxylic acids is 1. The molecule has 0 spiro atoms. The molecule has 1 heterocycles. The van der Waals surface area contributed by atoms with Gasteiger partial charge in [-0.25, -0.2) is 0 Å². The van der Waals surface area contributed by atoms with E-state index in [1.54, 1.807) is 4.90 Å². The number of carbonyl (C=O) groups is 1. The van der Waals surface area contributed by atoms with Crippen molar-refractivity contribution in [1.29, 1.82) is 0 Å². The molecule has 0 bridgehead atoms. The van der Waals surface area contributed by atoms with Crippen LogP contribution < -0.4 is 4.90 Å². The van der Waals surface area contributed by atoms with Crippen molar-refractivity contribution in [3.05, 3.63) is 90.0 Å². The number of anilines is 1. The Hall–Kier alpha value is -3.13. The van der Waals surface area contributed by atoms with Crippen molar-refractivity contribution in [1.82, 2.24) is 0 Å². The molecule has 0 saturated heterocycles. The first-order valence-electron chi connectivity index (χ1n) is 7.99. The minimum Gasteiger partial charge on any atom is -0.311 e. The van der Waals surface area contributed by atoms with E-state index in [2.05, 4.69) is 36.4 Å². The number of fused-ring (bicyclic) bond motifs is 1. The molecule has 1 aliphatic heterocycles. The van der Waals surface area contributed by atoms with Crippen molar-refractivity contribution >= 4 is 23.2 Å². The van der Waals surface area contributed by atoms with Crippen LogP contribution in [0.3, 0.4) is 0 Å². The molecule has 0 saturated carbocycles. The summed E-state index contributed by atoms with van der Waals surface area (Å²) >= 11 is 0. The molecular weight excluding hydrogens is 294 g/mol. The molecule has 0 N–H and O–H groups in total. The molecule has 116 valence electrons. The molecule has 4 rings (SSSR count). The molecule has 1 aliphatic rings. The molecule has 2 heteroatoms. The van der Waals surface area contributed by atoms with Crippen LogP contribution in [0.25, 0.3) is 22.8 Å². The molecule has 1 amide bonds. The summed E-state index contributed by atoms with van der Waals surface area (Å²) in [7, 11) is 1.82. The van der Waals surface area contributed by atoms with Gasteiger partial charge in [-0.2, -0.15) is 0 Å². The lowest BCUT2D eigenvalue weighted by Crippen LogP contribution is -2.20. The number of likely N-dealkylation sites (N-methyl/N-ethyl adjacent to an activating group) is 1. The number of hydrogen-bond acceptors (Lipinski definition) is 1. The number of benzene rings is 3. The van der Waals surface area contributed by atoms with Gasteiger partial charge in [0.25, 0.3) is 5.91 Å². The van der Waals surface area contributed by atoms with Crippen LogP contribution in [0.1, 0.15) is 11.1 Å². The Morgan fingerprint density at radius 2 is 1.38 bits per heavy atom. The molecule has 2 nitrogen and oxygen atoms in total. The summed E-state index contributed by atoms with van der Waals surface area (Å²) < 4.78 is 0. The highest BCUT2D eigenvalue weighted by Crippen LogP contribution is 2.36. The van der Waals surface area contributed by atoms with Gasteiger partial charge in [0.1, 0.15) is 0 Å². The van der Waals surface area contributed by atoms with Crippen molar-refractivity contribution < 1.29 is 4.79 Å². The molecule has 0 unspecified atom stereocenters. The Morgan fingerprint density at radius 3 is 2.12 bits per heavy atom. The van der Waals surface area contributed by atoms with Crippen LogP contribution in [0, 0.1) is 0 Å². The topological polar surface area (TPSA) is 20.3 Å². The third kappa shape index (κ3) is 2.42. The lowest BCUT2D eigenvalue weighted by molar-refractivity contribution is -0.112. The predicted molar refractivity (Wildman–Crippen MR) is 99.6 cm³/mol. The first-order chi connectivity index (χ1) is 11.7. The molecule has 0 aromatic heterocycles. The molecular formula is C22H17NO. The molecule has 24 heavy (non-hydrogen) atoms. The second-order valence-electron chi connectivity index (χ2n) is 5.93. The minimum atomic E-state index is 0.0448. The highest BCUT2D eigenvalue weighted by Gasteiger charge is 2.28. The summed E-state index contributed by atoms with van der Waals surface area (Å²) in [5.74, 6) is 0.0448. The highest BCUT2D eigenvalue weighted by atomic mass is 16.2. The Morgan fingerprint density at radius 1 is 0.750 bits per heavy atom. The van der Waals surface area contributed by atoms with Crippen molar-refractivity contribution in [3.8, 4) is 11.1 Å². The molecule has 0 atom stereocenters. The average molecular weight is 311 g/mol. The van der Waals surface area contributed by atoms with Gasteiger partial charge in [0, 0.05) is 18.2 Å². The van der Waals surface area contributed by atoms with Crippen molar-refractivity contribution in [3.63, 3.8) is 0 Å². The molecule has 0 fully saturated rings. The molecule has 3 aromatic carbocycles. The van der Waals surface area contributed by atoms with E-state index in [1.165, 1.54) is 11.1 Å². The maximum absolute atomic E-state index is 12.5. The lowest BCUT2D eigenvalue weighted by atomic mass is 10.0. The Kier molecular flexibility index (Phi) is 3.51. The number of rotatable bonds is 2. The summed E-state index contributed by atoms with van der Waals surface area (Å²) in [5.41, 5.74) is 6.11. The standard InChI is InChI=1S/C22H17NO/c1-23-21-10-6-5-9-19(21)20(22(23)24)15-16-11-13-18(14-12-16)17-7-3-2-4-8-17/h2-15H,1H3. The first kappa shape index (κ1) is 14.5. The maximum Gasteiger partial charge on any atom is 0.258 e. The van der Waals surface area contributed by atoms with Gasteiger partial charge in [-0.1, -0.05) is 72.8 Å². The summed E-state index contributed by atoms with van der Waals surface area (Å²) in [4.78, 5) is 14.2. The fourth-order valence-corrected chi connectivity index (χ4v) is 3.11. The molecule has 0 radical (unpaired) electrons. The Labute approximate surface area is 141 Å². The van der Waals surface area contributed by atoms with Gasteiger partial charge in [0.05, 0.1) is 5.69 Å². The van der Waals surface area contributed by atoms with Gasteiger partial charge in [-0.15, -0.1) is 0 Å². The van der Waals surface area contributed by atoms with Crippen molar-refractivity contribution in [2.75, 3.05) is 11.9 Å². The van der Waals surface area contributed by atoms with E-state index in [0.717, 1.165) is 22.4 Å². The van der Waals surface area contributed by atoms with Crippen LogP contribution in [0.15, 0.2) is 78.9 Å². The fourth-order valence-electron chi connectivity index (χ4n) is 3.11. The van der Waals surface area contributed by atoms with Crippen LogP contribution in [0.4, 0.5) is 5.69 Å². The van der Waals surface area contributed by atoms with E-state index < -0.39 is 0 Å². The first-order valence-corrected chi connectivity index (χ1v) is 7.99. The van der Waals surface area contributed by atoms with Crippen LogP contribution in [-0.4, -0.2) is 13.0 Å². The summed E-state index contributed by atoms with van der Waals surface area (Å²) in [6.45, 7) is 0. The average Bonchev–Trinajstić information content (AvgIpc) is 2.88. The quantitative estimate of drug-likeness (QED) is 0.618. The summed E-state index contributed by atoms with van der Waals surface area (Å²) in [5, 5.41) is 0. The number of hydrogen-bond donors (Lipinski definition) is 0. The zero-order chi connectivity index (χ0) is 16.5. The van der Waals surface area contributed by atoms with E-state index in [4.69, 9.17) is 0 Å². The zero-order valence-corrected chi connectivity index (χ0v) is 13.4. The second-order valence-corrected chi connectivity index (χ2v) is 5.93. The van der Waals surface area contributed by atoms with E-state index >= 15 is 0 Å². The summed E-state index contributed by atoms with van der Waals surface area (Å²) in [6.07, 6.45) is 1.97. The number of para-hydroxylation sites is 1. The van der Waals surface area contributed by atoms with Gasteiger partial charge < -0.3 is 4.90 Å². The van der Waals surface area contributed by atoms with Crippen LogP contribution >= 0.6 is 0 Å². The largest absolute Gasteiger partial charge is 0.311 e. The van der Waals surface area contributed by atoms with Gasteiger partial charge >= 0.3 is 0 Å². The smallest absolute Gasteiger partial charge is 0.258 e.